The highest BCUT2D eigenvalue weighted by molar-refractivity contribution is 7.80. The molecule has 0 radical (unpaired) electrons. The molecule has 0 aromatic heterocycles. The number of nitrogens with two attached hydrogens (primary N) is 1. The molecule has 1 rings (SSSR count). The number of rotatable bonds is 2. The van der Waals surface area contributed by atoms with Crippen molar-refractivity contribution < 1.29 is 4.74 Å². The van der Waals surface area contributed by atoms with Crippen LogP contribution in [0.1, 0.15) is 6.92 Å². The van der Waals surface area contributed by atoms with E-state index in [1.807, 2.05) is 0 Å². The third-order valence-electron chi connectivity index (χ3n) is 1.86. The highest BCUT2D eigenvalue weighted by Gasteiger charge is 2.18. The van der Waals surface area contributed by atoms with Crippen LogP contribution in [0.5, 0.6) is 0 Å². The zero-order chi connectivity index (χ0) is 8.27. The van der Waals surface area contributed by atoms with Crippen molar-refractivity contribution >= 4 is 17.2 Å². The summed E-state index contributed by atoms with van der Waals surface area (Å²) >= 11 is 4.82. The molecule has 2 N–H and O–H groups in total. The topological polar surface area (TPSA) is 38.5 Å². The molecule has 1 atom stereocenters. The van der Waals surface area contributed by atoms with Crippen LogP contribution in [0.25, 0.3) is 0 Å². The van der Waals surface area contributed by atoms with E-state index >= 15 is 0 Å². The molecule has 1 heterocycles. The molecule has 3 nitrogen and oxygen atoms in total. The number of morpholine rings is 1. The number of ether oxygens (including phenoxy) is 1. The van der Waals surface area contributed by atoms with Gasteiger partial charge in [0.15, 0.2) is 0 Å². The van der Waals surface area contributed by atoms with Crippen LogP contribution in [-0.4, -0.2) is 42.2 Å². The second kappa shape index (κ2) is 3.99. The Morgan fingerprint density at radius 3 is 3.09 bits per heavy atom. The van der Waals surface area contributed by atoms with E-state index in [2.05, 4.69) is 11.8 Å². The van der Waals surface area contributed by atoms with Gasteiger partial charge in [0, 0.05) is 19.1 Å². The molecule has 0 aromatic rings. The standard InChI is InChI=1S/C7H14N2OS/c1-6-5-10-3-2-9(6)4-7(8)11/h6H,2-5H2,1H3,(H2,8,11). The summed E-state index contributed by atoms with van der Waals surface area (Å²) in [4.78, 5) is 2.81. The summed E-state index contributed by atoms with van der Waals surface area (Å²) < 4.78 is 5.27. The van der Waals surface area contributed by atoms with Gasteiger partial charge in [-0.3, -0.25) is 4.90 Å². The summed E-state index contributed by atoms with van der Waals surface area (Å²) in [6.45, 7) is 5.38. The Balaban J connectivity index is 2.35. The predicted molar refractivity (Wildman–Crippen MR) is 48.6 cm³/mol. The lowest BCUT2D eigenvalue weighted by molar-refractivity contribution is 0.00768. The molecular formula is C7H14N2OS. The minimum absolute atomic E-state index is 0.449. The van der Waals surface area contributed by atoms with Crippen LogP contribution in [0.15, 0.2) is 0 Å². The molecule has 1 saturated heterocycles. The fraction of sp³-hybridized carbons (Fsp3) is 0.857. The van der Waals surface area contributed by atoms with Crippen molar-refractivity contribution in [1.29, 1.82) is 0 Å². The first-order valence-corrected chi connectivity index (χ1v) is 4.21. The van der Waals surface area contributed by atoms with Crippen molar-refractivity contribution in [2.75, 3.05) is 26.3 Å². The van der Waals surface area contributed by atoms with Gasteiger partial charge < -0.3 is 10.5 Å². The van der Waals surface area contributed by atoms with Gasteiger partial charge in [-0.05, 0) is 6.92 Å². The van der Waals surface area contributed by atoms with Crippen molar-refractivity contribution in [2.45, 2.75) is 13.0 Å². The monoisotopic (exact) mass is 174 g/mol. The van der Waals surface area contributed by atoms with E-state index < -0.39 is 0 Å². The fourth-order valence-corrected chi connectivity index (χ4v) is 1.36. The molecule has 1 fully saturated rings. The normalized spacial score (nSPS) is 26.8. The minimum Gasteiger partial charge on any atom is -0.392 e. The van der Waals surface area contributed by atoms with Gasteiger partial charge in [0.05, 0.1) is 18.2 Å². The molecule has 0 saturated carbocycles. The Labute approximate surface area is 72.5 Å². The molecule has 1 aliphatic rings. The van der Waals surface area contributed by atoms with Crippen LogP contribution in [0.3, 0.4) is 0 Å². The molecule has 64 valence electrons. The van der Waals surface area contributed by atoms with Gasteiger partial charge in [-0.1, -0.05) is 12.2 Å². The maximum Gasteiger partial charge on any atom is 0.0870 e. The van der Waals surface area contributed by atoms with Gasteiger partial charge in [-0.15, -0.1) is 0 Å². The zero-order valence-electron chi connectivity index (χ0n) is 6.75. The van der Waals surface area contributed by atoms with E-state index in [4.69, 9.17) is 22.7 Å². The van der Waals surface area contributed by atoms with Crippen LogP contribution in [0.4, 0.5) is 0 Å². The van der Waals surface area contributed by atoms with Crippen molar-refractivity contribution in [3.05, 3.63) is 0 Å². The molecule has 1 unspecified atom stereocenters. The smallest absolute Gasteiger partial charge is 0.0870 e. The van der Waals surface area contributed by atoms with Crippen molar-refractivity contribution in [3.63, 3.8) is 0 Å². The highest BCUT2D eigenvalue weighted by atomic mass is 32.1. The number of hydrogen-bond acceptors (Lipinski definition) is 3. The Morgan fingerprint density at radius 1 is 1.82 bits per heavy atom. The van der Waals surface area contributed by atoms with Crippen molar-refractivity contribution in [2.24, 2.45) is 5.73 Å². The maximum absolute atomic E-state index is 5.43. The van der Waals surface area contributed by atoms with Crippen LogP contribution >= 0.6 is 12.2 Å². The fourth-order valence-electron chi connectivity index (χ4n) is 1.20. The molecule has 11 heavy (non-hydrogen) atoms. The molecule has 4 heteroatoms. The van der Waals surface area contributed by atoms with E-state index in [9.17, 15) is 0 Å². The maximum atomic E-state index is 5.43. The summed E-state index contributed by atoms with van der Waals surface area (Å²) in [5, 5.41) is 0. The third-order valence-corrected chi connectivity index (χ3v) is 1.99. The van der Waals surface area contributed by atoms with E-state index in [1.165, 1.54) is 0 Å². The summed E-state index contributed by atoms with van der Waals surface area (Å²) in [6.07, 6.45) is 0. The molecule has 1 aliphatic heterocycles. The molecular weight excluding hydrogens is 160 g/mol. The lowest BCUT2D eigenvalue weighted by atomic mass is 10.2. The average molecular weight is 174 g/mol. The third kappa shape index (κ3) is 2.73. The molecule has 0 amide bonds. The first-order valence-electron chi connectivity index (χ1n) is 3.80. The molecule has 0 aromatic carbocycles. The van der Waals surface area contributed by atoms with Crippen LogP contribution < -0.4 is 5.73 Å². The van der Waals surface area contributed by atoms with E-state index in [1.54, 1.807) is 0 Å². The van der Waals surface area contributed by atoms with Crippen LogP contribution in [0, 0.1) is 0 Å². The lowest BCUT2D eigenvalue weighted by Gasteiger charge is -2.32. The van der Waals surface area contributed by atoms with Gasteiger partial charge in [0.25, 0.3) is 0 Å². The second-order valence-electron chi connectivity index (χ2n) is 2.86. The molecule has 0 bridgehead atoms. The lowest BCUT2D eigenvalue weighted by Crippen LogP contribution is -2.46. The summed E-state index contributed by atoms with van der Waals surface area (Å²) in [6, 6.07) is 0.449. The predicted octanol–water partition coefficient (Wildman–Crippen LogP) is -0.00680. The van der Waals surface area contributed by atoms with Gasteiger partial charge in [0.2, 0.25) is 0 Å². The minimum atomic E-state index is 0.449. The van der Waals surface area contributed by atoms with Crippen molar-refractivity contribution in [1.82, 2.24) is 4.90 Å². The summed E-state index contributed by atoms with van der Waals surface area (Å²) in [7, 11) is 0. The molecule has 0 spiro atoms. The quantitative estimate of drug-likeness (QED) is 0.598. The van der Waals surface area contributed by atoms with Gasteiger partial charge in [0.1, 0.15) is 0 Å². The van der Waals surface area contributed by atoms with Gasteiger partial charge in [-0.2, -0.15) is 0 Å². The SMILES string of the molecule is CC1COCCN1CC(N)=S. The second-order valence-corrected chi connectivity index (χ2v) is 3.39. The van der Waals surface area contributed by atoms with Crippen molar-refractivity contribution in [3.8, 4) is 0 Å². The average Bonchev–Trinajstić information content (AvgIpc) is 1.93. The summed E-state index contributed by atoms with van der Waals surface area (Å²) in [5.74, 6) is 0. The zero-order valence-corrected chi connectivity index (χ0v) is 7.56. The molecule has 0 aliphatic carbocycles. The Bertz CT molecular complexity index is 151. The van der Waals surface area contributed by atoms with Gasteiger partial charge >= 0.3 is 0 Å². The first kappa shape index (κ1) is 8.90. The largest absolute Gasteiger partial charge is 0.392 e. The first-order chi connectivity index (χ1) is 5.20. The number of thiocarbonyl (C=S) groups is 1. The number of nitrogens with zero attached hydrogens (tertiary/aromatic N) is 1. The van der Waals surface area contributed by atoms with E-state index in [0.29, 0.717) is 11.0 Å². The summed E-state index contributed by atoms with van der Waals surface area (Å²) in [5.41, 5.74) is 5.43. The van der Waals surface area contributed by atoms with Gasteiger partial charge in [-0.25, -0.2) is 0 Å². The van der Waals surface area contributed by atoms with Crippen LogP contribution in [-0.2, 0) is 4.74 Å². The van der Waals surface area contributed by atoms with E-state index in [0.717, 1.165) is 26.3 Å². The Morgan fingerprint density at radius 2 is 2.55 bits per heavy atom. The van der Waals surface area contributed by atoms with Crippen LogP contribution in [0.2, 0.25) is 0 Å². The highest BCUT2D eigenvalue weighted by Crippen LogP contribution is 2.04. The number of hydrogen-bond donors (Lipinski definition) is 1. The Hall–Kier alpha value is -0.190. The van der Waals surface area contributed by atoms with E-state index in [-0.39, 0.29) is 0 Å². The Kier molecular flexibility index (Phi) is 3.23.